The zero-order valence-corrected chi connectivity index (χ0v) is 25.7. The van der Waals surface area contributed by atoms with Crippen LogP contribution in [0.4, 0.5) is 10.6 Å². The summed E-state index contributed by atoms with van der Waals surface area (Å²) in [6, 6.07) is 1.97. The van der Waals surface area contributed by atoms with Crippen molar-refractivity contribution >= 4 is 47.0 Å². The number of piperidine rings is 1. The third kappa shape index (κ3) is 7.67. The molecule has 3 aliphatic heterocycles. The van der Waals surface area contributed by atoms with Crippen molar-refractivity contribution in [3.05, 3.63) is 57.7 Å². The second-order valence-electron chi connectivity index (χ2n) is 12.3. The largest absolute Gasteiger partial charge is 0.444 e. The number of likely N-dealkylation sites (tertiary alicyclic amines) is 1. The molecule has 1 saturated heterocycles. The zero-order valence-electron chi connectivity index (χ0n) is 24.9. The number of anilines is 1. The number of nitrogens with one attached hydrogen (secondary N) is 2. The minimum absolute atomic E-state index is 0.0507. The summed E-state index contributed by atoms with van der Waals surface area (Å²) >= 11 is 1.65. The van der Waals surface area contributed by atoms with Crippen LogP contribution >= 0.6 is 11.3 Å². The Morgan fingerprint density at radius 2 is 1.95 bits per heavy atom. The average Bonchev–Trinajstić information content (AvgIpc) is 3.48. The molecule has 0 unspecified atom stereocenters. The van der Waals surface area contributed by atoms with Crippen molar-refractivity contribution in [2.75, 3.05) is 38.0 Å². The highest BCUT2D eigenvalue weighted by Gasteiger charge is 2.45. The number of rotatable bonds is 6. The number of hydrogen-bond donors (Lipinski definition) is 2. The van der Waals surface area contributed by atoms with Gasteiger partial charge < -0.3 is 25.2 Å². The van der Waals surface area contributed by atoms with Crippen LogP contribution in [0.3, 0.4) is 0 Å². The van der Waals surface area contributed by atoms with Crippen LogP contribution in [0.15, 0.2) is 41.6 Å². The predicted octanol–water partition coefficient (Wildman–Crippen LogP) is 3.58. The first-order chi connectivity index (χ1) is 20.5. The van der Waals surface area contributed by atoms with Crippen LogP contribution in [0.5, 0.6) is 0 Å². The molecule has 1 spiro atoms. The van der Waals surface area contributed by atoms with E-state index in [1.54, 1.807) is 55.4 Å². The van der Waals surface area contributed by atoms with Crippen LogP contribution in [-0.4, -0.2) is 81.9 Å². The Labute approximate surface area is 255 Å². The highest BCUT2D eigenvalue weighted by Crippen LogP contribution is 2.41. The molecule has 43 heavy (non-hydrogen) atoms. The maximum absolute atomic E-state index is 13.1. The lowest BCUT2D eigenvalue weighted by Crippen LogP contribution is -2.52. The van der Waals surface area contributed by atoms with Crippen LogP contribution in [0.25, 0.3) is 6.08 Å². The number of carbonyl (C=O) groups excluding carboxylic acids is 4. The van der Waals surface area contributed by atoms with Gasteiger partial charge in [0.1, 0.15) is 18.0 Å². The summed E-state index contributed by atoms with van der Waals surface area (Å²) in [5.74, 6) is 0.187. The molecule has 5 heterocycles. The lowest BCUT2D eigenvalue weighted by Gasteiger charge is -2.43. The third-order valence-corrected chi connectivity index (χ3v) is 8.76. The Morgan fingerprint density at radius 3 is 2.63 bits per heavy atom. The van der Waals surface area contributed by atoms with Gasteiger partial charge in [-0.05, 0) is 69.7 Å². The molecular weight excluding hydrogens is 568 g/mol. The van der Waals surface area contributed by atoms with Crippen molar-refractivity contribution < 1.29 is 23.9 Å². The summed E-state index contributed by atoms with van der Waals surface area (Å²) in [5.41, 5.74) is 1.72. The predicted molar refractivity (Wildman–Crippen MR) is 163 cm³/mol. The Balaban J connectivity index is 1.14. The van der Waals surface area contributed by atoms with Gasteiger partial charge in [-0.25, -0.2) is 14.8 Å². The number of aromatic nitrogens is 2. The standard InChI is InChI=1S/C31H38N6O5S/c1-30(2,3)42-29(41)34-20-26(39)37-13-8-31(9-14-37)18-23-16-22(19-33-27(23)35-28(31)40)4-5-25(38)36-11-6-21(7-12-36)17-24-32-10-15-43-24/h4-6,10,15-16,19H,7-9,11-14,17-18,20H2,1-3H3,(H,34,41)(H,33,35,40)/b5-4+. The van der Waals surface area contributed by atoms with E-state index in [4.69, 9.17) is 4.74 Å². The number of carbonyl (C=O) groups is 4. The average molecular weight is 607 g/mol. The van der Waals surface area contributed by atoms with Crippen LogP contribution in [-0.2, 0) is 32.0 Å². The van der Waals surface area contributed by atoms with Crippen molar-refractivity contribution in [2.24, 2.45) is 5.41 Å². The molecule has 2 N–H and O–H groups in total. The van der Waals surface area contributed by atoms with Gasteiger partial charge in [0, 0.05) is 56.4 Å². The SMILES string of the molecule is CC(C)(C)OC(=O)NCC(=O)N1CCC2(CC1)Cc1cc(/C=C/C(=O)N3CC=C(Cc4nccs4)CC3)cnc1NC2=O. The monoisotopic (exact) mass is 606 g/mol. The Bertz CT molecular complexity index is 1440. The summed E-state index contributed by atoms with van der Waals surface area (Å²) in [7, 11) is 0. The molecule has 0 atom stereocenters. The molecule has 0 radical (unpaired) electrons. The Morgan fingerprint density at radius 1 is 1.16 bits per heavy atom. The van der Waals surface area contributed by atoms with Gasteiger partial charge in [0.05, 0.1) is 10.4 Å². The fourth-order valence-electron chi connectivity index (χ4n) is 5.59. The fraction of sp³-hybridized carbons (Fsp3) is 0.484. The topological polar surface area (TPSA) is 134 Å². The van der Waals surface area contributed by atoms with E-state index in [1.165, 1.54) is 5.57 Å². The van der Waals surface area contributed by atoms with Crippen molar-refractivity contribution in [3.8, 4) is 0 Å². The van der Waals surface area contributed by atoms with Crippen LogP contribution in [0.2, 0.25) is 0 Å². The number of ether oxygens (including phenoxy) is 1. The lowest BCUT2D eigenvalue weighted by atomic mass is 9.71. The van der Waals surface area contributed by atoms with E-state index in [2.05, 4.69) is 26.7 Å². The van der Waals surface area contributed by atoms with E-state index in [9.17, 15) is 19.2 Å². The molecule has 11 nitrogen and oxygen atoms in total. The summed E-state index contributed by atoms with van der Waals surface area (Å²) in [6.07, 6.45) is 11.5. The molecule has 0 bridgehead atoms. The van der Waals surface area contributed by atoms with E-state index in [1.807, 2.05) is 22.5 Å². The van der Waals surface area contributed by atoms with Gasteiger partial charge in [-0.3, -0.25) is 14.4 Å². The minimum atomic E-state index is -0.646. The molecule has 2 aromatic rings. The molecule has 0 saturated carbocycles. The highest BCUT2D eigenvalue weighted by atomic mass is 32.1. The second-order valence-corrected chi connectivity index (χ2v) is 13.2. The number of pyridine rings is 1. The summed E-state index contributed by atoms with van der Waals surface area (Å²) in [6.45, 7) is 7.20. The van der Waals surface area contributed by atoms with Crippen LogP contribution < -0.4 is 10.6 Å². The first-order valence-electron chi connectivity index (χ1n) is 14.6. The summed E-state index contributed by atoms with van der Waals surface area (Å²) < 4.78 is 5.19. The van der Waals surface area contributed by atoms with Gasteiger partial charge in [0.2, 0.25) is 17.7 Å². The van der Waals surface area contributed by atoms with Gasteiger partial charge in [-0.15, -0.1) is 11.3 Å². The van der Waals surface area contributed by atoms with Gasteiger partial charge >= 0.3 is 6.09 Å². The van der Waals surface area contributed by atoms with Gasteiger partial charge in [-0.1, -0.05) is 11.6 Å². The first kappa shape index (κ1) is 30.4. The molecule has 2 aromatic heterocycles. The number of alkyl carbamates (subject to hydrolysis) is 1. The number of fused-ring (bicyclic) bond motifs is 1. The Kier molecular flexibility index (Phi) is 8.95. The smallest absolute Gasteiger partial charge is 0.408 e. The number of thiazole rings is 1. The molecule has 0 aromatic carbocycles. The molecule has 0 aliphatic carbocycles. The summed E-state index contributed by atoms with van der Waals surface area (Å²) in [4.78, 5) is 62.9. The molecule has 1 fully saturated rings. The molecule has 228 valence electrons. The van der Waals surface area contributed by atoms with Crippen molar-refractivity contribution in [3.63, 3.8) is 0 Å². The minimum Gasteiger partial charge on any atom is -0.444 e. The van der Waals surface area contributed by atoms with Crippen molar-refractivity contribution in [2.45, 2.75) is 58.5 Å². The summed E-state index contributed by atoms with van der Waals surface area (Å²) in [5, 5.41) is 8.53. The van der Waals surface area contributed by atoms with E-state index in [0.717, 1.165) is 29.0 Å². The van der Waals surface area contributed by atoms with Crippen molar-refractivity contribution in [1.29, 1.82) is 0 Å². The molecule has 5 rings (SSSR count). The van der Waals surface area contributed by atoms with E-state index >= 15 is 0 Å². The zero-order chi connectivity index (χ0) is 30.6. The number of hydrogen-bond acceptors (Lipinski definition) is 8. The highest BCUT2D eigenvalue weighted by molar-refractivity contribution is 7.09. The van der Waals surface area contributed by atoms with E-state index in [-0.39, 0.29) is 24.3 Å². The number of nitrogens with zero attached hydrogens (tertiary/aromatic N) is 4. The number of amides is 4. The maximum Gasteiger partial charge on any atom is 0.408 e. The Hall–Kier alpha value is -4.06. The van der Waals surface area contributed by atoms with Gasteiger partial charge in [-0.2, -0.15) is 0 Å². The van der Waals surface area contributed by atoms with Gasteiger partial charge in [0.25, 0.3) is 0 Å². The molecule has 12 heteroatoms. The van der Waals surface area contributed by atoms with Crippen molar-refractivity contribution in [1.82, 2.24) is 25.1 Å². The van der Waals surface area contributed by atoms with E-state index < -0.39 is 17.1 Å². The van der Waals surface area contributed by atoms with Crippen LogP contribution in [0, 0.1) is 5.41 Å². The first-order valence-corrected chi connectivity index (χ1v) is 15.5. The van der Waals surface area contributed by atoms with Gasteiger partial charge in [0.15, 0.2) is 0 Å². The molecule has 4 amide bonds. The normalized spacial score (nSPS) is 18.2. The van der Waals surface area contributed by atoms with Crippen LogP contribution in [0.1, 0.15) is 56.2 Å². The maximum atomic E-state index is 13.1. The molecule has 3 aliphatic rings. The quantitative estimate of drug-likeness (QED) is 0.379. The second kappa shape index (κ2) is 12.7. The van der Waals surface area contributed by atoms with E-state index in [0.29, 0.717) is 51.3 Å². The molecular formula is C31H38N6O5S. The third-order valence-electron chi connectivity index (χ3n) is 7.98. The fourth-order valence-corrected chi connectivity index (χ4v) is 6.26. The lowest BCUT2D eigenvalue weighted by molar-refractivity contribution is -0.137.